The van der Waals surface area contributed by atoms with Crippen LogP contribution in [0.4, 0.5) is 0 Å². The van der Waals surface area contributed by atoms with E-state index in [1.807, 2.05) is 12.1 Å². The van der Waals surface area contributed by atoms with Crippen molar-refractivity contribution >= 4 is 5.91 Å². The average molecular weight is 150 g/mol. The van der Waals surface area contributed by atoms with Crippen molar-refractivity contribution in [3.63, 3.8) is 0 Å². The fourth-order valence-corrected chi connectivity index (χ4v) is 1.11. The molecule has 58 valence electrons. The van der Waals surface area contributed by atoms with Gasteiger partial charge in [-0.3, -0.25) is 4.79 Å². The molecular formula is C8H10N2O. The van der Waals surface area contributed by atoms with Crippen LogP contribution in [0.3, 0.4) is 0 Å². The lowest BCUT2D eigenvalue weighted by molar-refractivity contribution is -0.117. The Bertz CT molecular complexity index is 225. The predicted molar refractivity (Wildman–Crippen MR) is 40.6 cm³/mol. The summed E-state index contributed by atoms with van der Waals surface area (Å²) in [4.78, 5) is 11.1. The van der Waals surface area contributed by atoms with E-state index in [1.54, 1.807) is 0 Å². The van der Waals surface area contributed by atoms with E-state index in [-0.39, 0.29) is 12.5 Å². The standard InChI is InChI=1S/C8H10N2O/c9-5-6-10-8(11)7-3-1-2-4-7/h3H,1-2,4,6H2,(H,10,11). The molecule has 11 heavy (non-hydrogen) atoms. The van der Waals surface area contributed by atoms with Crippen LogP contribution in [0.5, 0.6) is 0 Å². The van der Waals surface area contributed by atoms with Gasteiger partial charge in [0.05, 0.1) is 6.07 Å². The molecule has 0 aromatic rings. The van der Waals surface area contributed by atoms with Gasteiger partial charge in [0.25, 0.3) is 0 Å². The Balaban J connectivity index is 2.36. The summed E-state index contributed by atoms with van der Waals surface area (Å²) in [6.45, 7) is 0.107. The number of nitriles is 1. The zero-order chi connectivity index (χ0) is 8.10. The monoisotopic (exact) mass is 150 g/mol. The highest BCUT2D eigenvalue weighted by Crippen LogP contribution is 2.16. The van der Waals surface area contributed by atoms with Crippen LogP contribution in [0.1, 0.15) is 19.3 Å². The minimum atomic E-state index is -0.0796. The number of carbonyl (C=O) groups is 1. The number of carbonyl (C=O) groups excluding carboxylic acids is 1. The third-order valence-corrected chi connectivity index (χ3v) is 1.66. The minimum Gasteiger partial charge on any atom is -0.339 e. The summed E-state index contributed by atoms with van der Waals surface area (Å²) in [5, 5.41) is 10.7. The van der Waals surface area contributed by atoms with Crippen molar-refractivity contribution < 1.29 is 4.79 Å². The Labute approximate surface area is 65.7 Å². The molecule has 1 N–H and O–H groups in total. The highest BCUT2D eigenvalue weighted by atomic mass is 16.1. The van der Waals surface area contributed by atoms with Crippen molar-refractivity contribution in [3.05, 3.63) is 11.6 Å². The Hall–Kier alpha value is -1.30. The highest BCUT2D eigenvalue weighted by molar-refractivity contribution is 5.93. The molecule has 1 aliphatic rings. The molecule has 0 aromatic heterocycles. The molecule has 0 aromatic carbocycles. The maximum atomic E-state index is 11.1. The van der Waals surface area contributed by atoms with E-state index in [2.05, 4.69) is 5.32 Å². The second-order valence-corrected chi connectivity index (χ2v) is 2.46. The fraction of sp³-hybridized carbons (Fsp3) is 0.500. The molecular weight excluding hydrogens is 140 g/mol. The Morgan fingerprint density at radius 2 is 2.64 bits per heavy atom. The molecule has 3 nitrogen and oxygen atoms in total. The van der Waals surface area contributed by atoms with Gasteiger partial charge in [0.15, 0.2) is 0 Å². The van der Waals surface area contributed by atoms with Crippen LogP contribution in [-0.2, 0) is 4.79 Å². The van der Waals surface area contributed by atoms with Crippen molar-refractivity contribution in [1.82, 2.24) is 5.32 Å². The molecule has 0 heterocycles. The molecule has 0 spiro atoms. The Morgan fingerprint density at radius 3 is 3.18 bits per heavy atom. The molecule has 3 heteroatoms. The number of nitrogens with zero attached hydrogens (tertiary/aromatic N) is 1. The lowest BCUT2D eigenvalue weighted by Crippen LogP contribution is -2.24. The summed E-state index contributed by atoms with van der Waals surface area (Å²) in [7, 11) is 0. The summed E-state index contributed by atoms with van der Waals surface area (Å²) in [5.41, 5.74) is 0.834. The summed E-state index contributed by atoms with van der Waals surface area (Å²) >= 11 is 0. The molecule has 0 saturated carbocycles. The normalized spacial score (nSPS) is 15.4. The smallest absolute Gasteiger partial charge is 0.247 e. The molecule has 0 fully saturated rings. The van der Waals surface area contributed by atoms with Gasteiger partial charge < -0.3 is 5.32 Å². The van der Waals surface area contributed by atoms with Gasteiger partial charge in [-0.15, -0.1) is 0 Å². The average Bonchev–Trinajstić information content (AvgIpc) is 2.52. The largest absolute Gasteiger partial charge is 0.339 e. The van der Waals surface area contributed by atoms with Crippen molar-refractivity contribution in [2.24, 2.45) is 0 Å². The second kappa shape index (κ2) is 3.77. The first-order chi connectivity index (χ1) is 5.34. The Kier molecular flexibility index (Phi) is 2.67. The van der Waals surface area contributed by atoms with Crippen LogP contribution >= 0.6 is 0 Å². The van der Waals surface area contributed by atoms with Crippen LogP contribution in [-0.4, -0.2) is 12.5 Å². The number of amides is 1. The van der Waals surface area contributed by atoms with Gasteiger partial charge in [-0.05, 0) is 19.3 Å². The lowest BCUT2D eigenvalue weighted by atomic mass is 10.2. The van der Waals surface area contributed by atoms with Gasteiger partial charge >= 0.3 is 0 Å². The molecule has 0 aliphatic heterocycles. The van der Waals surface area contributed by atoms with Gasteiger partial charge in [-0.2, -0.15) is 5.26 Å². The van der Waals surface area contributed by atoms with Crippen LogP contribution in [0.15, 0.2) is 11.6 Å². The molecule has 0 radical (unpaired) electrons. The van der Waals surface area contributed by atoms with Crippen LogP contribution in [0, 0.1) is 11.3 Å². The SMILES string of the molecule is N#CCNC(=O)C1=CCCC1. The zero-order valence-electron chi connectivity index (χ0n) is 6.26. The van der Waals surface area contributed by atoms with Crippen LogP contribution in [0.2, 0.25) is 0 Å². The molecule has 0 unspecified atom stereocenters. The summed E-state index contributed by atoms with van der Waals surface area (Å²) in [6, 6.07) is 1.86. The van der Waals surface area contributed by atoms with Gasteiger partial charge in [-0.25, -0.2) is 0 Å². The first-order valence-electron chi connectivity index (χ1n) is 3.69. The van der Waals surface area contributed by atoms with Gasteiger partial charge in [-0.1, -0.05) is 6.08 Å². The Morgan fingerprint density at radius 1 is 1.82 bits per heavy atom. The van der Waals surface area contributed by atoms with Crippen molar-refractivity contribution in [2.75, 3.05) is 6.54 Å². The summed E-state index contributed by atoms with van der Waals surface area (Å²) < 4.78 is 0. The van der Waals surface area contributed by atoms with Gasteiger partial charge in [0.1, 0.15) is 6.54 Å². The van der Waals surface area contributed by atoms with Crippen molar-refractivity contribution in [1.29, 1.82) is 5.26 Å². The van der Waals surface area contributed by atoms with Crippen LogP contribution < -0.4 is 5.32 Å². The third-order valence-electron chi connectivity index (χ3n) is 1.66. The maximum Gasteiger partial charge on any atom is 0.247 e. The van der Waals surface area contributed by atoms with Gasteiger partial charge in [0.2, 0.25) is 5.91 Å². The van der Waals surface area contributed by atoms with E-state index >= 15 is 0 Å². The first kappa shape index (κ1) is 7.80. The summed E-state index contributed by atoms with van der Waals surface area (Å²) in [5.74, 6) is -0.0796. The van der Waals surface area contributed by atoms with E-state index in [0.29, 0.717) is 0 Å². The first-order valence-corrected chi connectivity index (χ1v) is 3.69. The van der Waals surface area contributed by atoms with Crippen LogP contribution in [0.25, 0.3) is 0 Å². The molecule has 1 aliphatic carbocycles. The minimum absolute atomic E-state index is 0.0796. The fourth-order valence-electron chi connectivity index (χ4n) is 1.11. The molecule has 0 atom stereocenters. The third kappa shape index (κ3) is 2.08. The van der Waals surface area contributed by atoms with E-state index < -0.39 is 0 Å². The molecule has 0 bridgehead atoms. The predicted octanol–water partition coefficient (Wildman–Crippen LogP) is 0.736. The molecule has 1 amide bonds. The second-order valence-electron chi connectivity index (χ2n) is 2.46. The highest BCUT2D eigenvalue weighted by Gasteiger charge is 2.11. The molecule has 0 saturated heterocycles. The van der Waals surface area contributed by atoms with Crippen molar-refractivity contribution in [3.8, 4) is 6.07 Å². The van der Waals surface area contributed by atoms with Crippen molar-refractivity contribution in [2.45, 2.75) is 19.3 Å². The number of nitrogens with one attached hydrogen (secondary N) is 1. The summed E-state index contributed by atoms with van der Waals surface area (Å²) in [6.07, 6.45) is 4.86. The number of hydrogen-bond acceptors (Lipinski definition) is 2. The van der Waals surface area contributed by atoms with E-state index in [1.165, 1.54) is 0 Å². The topological polar surface area (TPSA) is 52.9 Å². The number of allylic oxidation sites excluding steroid dienone is 1. The van der Waals surface area contributed by atoms with E-state index in [4.69, 9.17) is 5.26 Å². The molecule has 1 rings (SSSR count). The zero-order valence-corrected chi connectivity index (χ0v) is 6.26. The number of rotatable bonds is 2. The van der Waals surface area contributed by atoms with Gasteiger partial charge in [0, 0.05) is 5.57 Å². The lowest BCUT2D eigenvalue weighted by Gasteiger charge is -1.99. The quantitative estimate of drug-likeness (QED) is 0.590. The van der Waals surface area contributed by atoms with E-state index in [0.717, 1.165) is 24.8 Å². The van der Waals surface area contributed by atoms with E-state index in [9.17, 15) is 4.79 Å². The number of hydrogen-bond donors (Lipinski definition) is 1. The maximum absolute atomic E-state index is 11.1.